The average Bonchev–Trinajstić information content (AvgIpc) is 1.68. The van der Waals surface area contributed by atoms with E-state index in [2.05, 4.69) is 211 Å². The molecule has 606 valence electrons. The molecule has 0 atom stereocenters. The Kier molecular flexibility index (Phi) is 20.7. The molecule has 0 amide bonds. The van der Waals surface area contributed by atoms with Gasteiger partial charge in [-0.15, -0.1) is 0 Å². The summed E-state index contributed by atoms with van der Waals surface area (Å²) in [6, 6.07) is 68.6. The molecule has 13 heteroatoms. The summed E-state index contributed by atoms with van der Waals surface area (Å²) in [5.41, 5.74) is 32.3. The highest BCUT2D eigenvalue weighted by Gasteiger charge is 2.32. The number of aryl methyl sites for hydroxylation is 8. The SMILES string of the molecule is Cc1cc2c(oc3cc(F)ccc32)c(-c2ccc3cc(F)ccc3[n+]2C)c1C.Cc1cc2c(oc3ccccc32)c(-c2cc(C(C)C)c3cc(F)ccc3[n+]2C)c1C.Cc1cc2c(oc3ccccc32)c(-c2cc(CC(C)(C)C)c3cc(F)ccc3[n+]2C)c1C.Cc1cc2c(oc3ccccc32)c(-c2cc(CC(C)C)c3cc(F)ccc3[n+]2C)c1C. The van der Waals surface area contributed by atoms with Gasteiger partial charge in [-0.05, 0) is 256 Å². The third kappa shape index (κ3) is 14.4. The van der Waals surface area contributed by atoms with Crippen molar-refractivity contribution in [1.29, 1.82) is 0 Å². The second kappa shape index (κ2) is 31.1. The normalized spacial score (nSPS) is 12.0. The summed E-state index contributed by atoms with van der Waals surface area (Å²) in [7, 11) is 8.14. The fourth-order valence-electron chi connectivity index (χ4n) is 18.3. The summed E-state index contributed by atoms with van der Waals surface area (Å²) in [6.45, 7) is 32.5. The third-order valence-corrected chi connectivity index (χ3v) is 24.9. The molecule has 0 radical (unpaired) electrons. The molecular formula is C108H99F5N4O4+4. The van der Waals surface area contributed by atoms with E-state index in [9.17, 15) is 22.0 Å². The smallest absolute Gasteiger partial charge is 0.217 e. The van der Waals surface area contributed by atoms with Gasteiger partial charge in [0.15, 0.2) is 0 Å². The first-order valence-electron chi connectivity index (χ1n) is 41.6. The Hall–Kier alpha value is -12.9. The highest BCUT2D eigenvalue weighted by Crippen LogP contribution is 2.46. The molecule has 8 heterocycles. The molecule has 20 rings (SSSR count). The fraction of sp³-hybridized carbons (Fsp3) is 0.222. The summed E-state index contributed by atoms with van der Waals surface area (Å²) in [4.78, 5) is 0. The van der Waals surface area contributed by atoms with E-state index in [0.717, 1.165) is 206 Å². The predicted molar refractivity (Wildman–Crippen MR) is 485 cm³/mol. The molecule has 0 saturated carbocycles. The van der Waals surface area contributed by atoms with Crippen molar-refractivity contribution in [1.82, 2.24) is 0 Å². The van der Waals surface area contributed by atoms with Crippen LogP contribution in [0.25, 0.3) is 176 Å². The molecule has 0 N–H and O–H groups in total. The minimum Gasteiger partial charge on any atom is -0.455 e. The molecule has 0 saturated heterocycles. The van der Waals surface area contributed by atoms with Crippen LogP contribution >= 0.6 is 0 Å². The summed E-state index contributed by atoms with van der Waals surface area (Å²) >= 11 is 0. The Bertz CT molecular complexity index is 7680. The molecule has 0 unspecified atom stereocenters. The second-order valence-corrected chi connectivity index (χ2v) is 35.0. The van der Waals surface area contributed by atoms with Crippen molar-refractivity contribution in [2.24, 2.45) is 39.5 Å². The number of nitrogens with zero attached hydrogens (tertiary/aromatic N) is 4. The second-order valence-electron chi connectivity index (χ2n) is 35.0. The number of para-hydroxylation sites is 3. The lowest BCUT2D eigenvalue weighted by Crippen LogP contribution is -2.33. The van der Waals surface area contributed by atoms with Crippen molar-refractivity contribution in [2.75, 3.05) is 0 Å². The molecule has 0 bridgehead atoms. The zero-order valence-corrected chi connectivity index (χ0v) is 72.2. The Balaban J connectivity index is 0.000000115. The van der Waals surface area contributed by atoms with E-state index in [1.165, 1.54) is 69.3 Å². The summed E-state index contributed by atoms with van der Waals surface area (Å²) in [5.74, 6) is -0.442. The quantitative estimate of drug-likeness (QED) is 0.112. The number of hydrogen-bond donors (Lipinski definition) is 0. The predicted octanol–water partition coefficient (Wildman–Crippen LogP) is 28.0. The van der Waals surface area contributed by atoms with Crippen LogP contribution in [0.5, 0.6) is 0 Å². The van der Waals surface area contributed by atoms with Crippen LogP contribution in [0.3, 0.4) is 0 Å². The van der Waals surface area contributed by atoms with Gasteiger partial charge in [0.05, 0.1) is 38.4 Å². The number of aromatic nitrogens is 4. The maximum absolute atomic E-state index is 14.2. The van der Waals surface area contributed by atoms with E-state index in [-0.39, 0.29) is 40.4 Å². The highest BCUT2D eigenvalue weighted by atomic mass is 19.1. The Morgan fingerprint density at radius 1 is 0.298 bits per heavy atom. The van der Waals surface area contributed by atoms with Crippen LogP contribution < -0.4 is 18.3 Å². The number of fused-ring (bicyclic) bond motifs is 16. The van der Waals surface area contributed by atoms with Crippen LogP contribution in [0, 0.1) is 95.8 Å². The lowest BCUT2D eigenvalue weighted by atomic mass is 9.85. The molecular weight excluding hydrogens is 1510 g/mol. The molecule has 0 aliphatic carbocycles. The minimum atomic E-state index is -0.320. The molecule has 20 aromatic rings. The topological polar surface area (TPSA) is 68.1 Å². The van der Waals surface area contributed by atoms with Crippen molar-refractivity contribution < 1.29 is 57.9 Å². The Labute approximate surface area is 701 Å². The summed E-state index contributed by atoms with van der Waals surface area (Å²) in [6.07, 6.45) is 1.75. The largest absolute Gasteiger partial charge is 0.455 e. The summed E-state index contributed by atoms with van der Waals surface area (Å²) < 4.78 is 104. The van der Waals surface area contributed by atoms with Crippen LogP contribution in [0.4, 0.5) is 22.0 Å². The van der Waals surface area contributed by atoms with Gasteiger partial charge in [-0.3, -0.25) is 0 Å². The van der Waals surface area contributed by atoms with E-state index in [0.29, 0.717) is 11.5 Å². The van der Waals surface area contributed by atoms with E-state index >= 15 is 0 Å². The molecule has 0 aliphatic rings. The number of benzene rings is 12. The van der Waals surface area contributed by atoms with E-state index in [4.69, 9.17) is 17.7 Å². The Morgan fingerprint density at radius 2 is 0.628 bits per heavy atom. The van der Waals surface area contributed by atoms with E-state index < -0.39 is 0 Å². The van der Waals surface area contributed by atoms with Gasteiger partial charge in [0, 0.05) is 103 Å². The fourth-order valence-corrected chi connectivity index (χ4v) is 18.3. The Morgan fingerprint density at radius 3 is 1.05 bits per heavy atom. The number of halogens is 5. The van der Waals surface area contributed by atoms with Gasteiger partial charge >= 0.3 is 0 Å². The van der Waals surface area contributed by atoms with Crippen molar-refractivity contribution in [3.8, 4) is 45.0 Å². The van der Waals surface area contributed by atoms with Gasteiger partial charge in [0.2, 0.25) is 44.8 Å². The van der Waals surface area contributed by atoms with Gasteiger partial charge in [0.1, 0.15) is 102 Å². The van der Waals surface area contributed by atoms with Crippen molar-refractivity contribution >= 4 is 131 Å². The van der Waals surface area contributed by atoms with Crippen LogP contribution in [-0.2, 0) is 41.0 Å². The lowest BCUT2D eigenvalue weighted by molar-refractivity contribution is -0.633. The molecule has 0 aliphatic heterocycles. The zero-order chi connectivity index (χ0) is 85.4. The average molecular weight is 1610 g/mol. The standard InChI is InChI=1S/C29H29FNO.C28H27FNO.C27H25FNO.C24H18F2NO/c1-17-13-23-21-9-7-8-10-26(21)32-28(23)27(18(17)2)25-14-19(16-29(3,4)5)22-15-20(30)11-12-24(22)31(25)6;1-16(2)12-19-14-25(30(5)24-11-10-20(29)15-22(19)24)27-18(4)17(3)13-23-21-8-6-7-9-26(21)31-28(23)27;1-15(2)20-14-24(29(5)23-11-10-18(28)13-21(20)23)26-17(4)16(3)12-22-19-8-6-7-9-25(19)30-27(22)26;1-13-10-19-18-7-5-17(26)12-22(18)28-24(19)23(14(13)2)21-8-4-15-11-16(25)6-9-20(15)27(21)3/h7-15H,16H2,1-6H3;6-11,13-16H,12H2,1-5H3;6-15H,1-5H3;4-12H,1-3H3/q4*+1. The van der Waals surface area contributed by atoms with Gasteiger partial charge < -0.3 is 17.7 Å². The molecule has 12 aromatic carbocycles. The van der Waals surface area contributed by atoms with Crippen LogP contribution in [-0.4, -0.2) is 0 Å². The van der Waals surface area contributed by atoms with Crippen LogP contribution in [0.1, 0.15) is 116 Å². The molecule has 121 heavy (non-hydrogen) atoms. The van der Waals surface area contributed by atoms with Crippen molar-refractivity contribution in [3.63, 3.8) is 0 Å². The van der Waals surface area contributed by atoms with Crippen molar-refractivity contribution in [3.05, 3.63) is 309 Å². The number of hydrogen-bond acceptors (Lipinski definition) is 4. The summed E-state index contributed by atoms with van der Waals surface area (Å²) in [5, 5.41) is 12.4. The van der Waals surface area contributed by atoms with Gasteiger partial charge in [-0.25, -0.2) is 22.0 Å². The van der Waals surface area contributed by atoms with Gasteiger partial charge in [-0.1, -0.05) is 103 Å². The highest BCUT2D eigenvalue weighted by molar-refractivity contribution is 6.14. The maximum atomic E-state index is 14.2. The van der Waals surface area contributed by atoms with E-state index in [1.807, 2.05) is 84.4 Å². The maximum Gasteiger partial charge on any atom is 0.217 e. The first kappa shape index (κ1) is 80.5. The number of rotatable bonds is 8. The lowest BCUT2D eigenvalue weighted by Gasteiger charge is -2.20. The van der Waals surface area contributed by atoms with Gasteiger partial charge in [-0.2, -0.15) is 18.3 Å². The van der Waals surface area contributed by atoms with Crippen LogP contribution in [0.15, 0.2) is 236 Å². The third-order valence-electron chi connectivity index (χ3n) is 24.9. The molecule has 0 fully saturated rings. The minimum absolute atomic E-state index is 0.0762. The number of pyridine rings is 4. The van der Waals surface area contributed by atoms with Gasteiger partial charge in [0.25, 0.3) is 0 Å². The molecule has 8 aromatic heterocycles. The first-order chi connectivity index (χ1) is 57.8. The molecule has 0 spiro atoms. The van der Waals surface area contributed by atoms with Crippen molar-refractivity contribution in [2.45, 2.75) is 123 Å². The van der Waals surface area contributed by atoms with Crippen LogP contribution in [0.2, 0.25) is 0 Å². The number of furan rings is 4. The molecule has 8 nitrogen and oxygen atoms in total. The zero-order valence-electron chi connectivity index (χ0n) is 72.2. The first-order valence-corrected chi connectivity index (χ1v) is 41.6. The monoisotopic (exact) mass is 1610 g/mol. The van der Waals surface area contributed by atoms with E-state index in [1.54, 1.807) is 42.5 Å².